The Bertz CT molecular complexity index is 1710. The van der Waals surface area contributed by atoms with Gasteiger partial charge in [-0.05, 0) is 67.4 Å². The molecule has 0 radical (unpaired) electrons. The minimum Gasteiger partial charge on any atom is -0.496 e. The van der Waals surface area contributed by atoms with Crippen LogP contribution in [0.1, 0.15) is 32.6 Å². The van der Waals surface area contributed by atoms with Gasteiger partial charge < -0.3 is 4.74 Å². The third kappa shape index (κ3) is 3.61. The van der Waals surface area contributed by atoms with Gasteiger partial charge in [-0.25, -0.2) is 17.4 Å². The van der Waals surface area contributed by atoms with E-state index in [1.807, 2.05) is 6.92 Å². The quantitative estimate of drug-likeness (QED) is 0.376. The average Bonchev–Trinajstić information content (AvgIpc) is 3.48. The normalized spacial score (nSPS) is 12.8. The van der Waals surface area contributed by atoms with Crippen molar-refractivity contribution in [2.24, 2.45) is 4.99 Å². The van der Waals surface area contributed by atoms with Crippen LogP contribution in [0.4, 0.5) is 5.69 Å². The lowest BCUT2D eigenvalue weighted by Gasteiger charge is -2.14. The Kier molecular flexibility index (Phi) is 5.30. The van der Waals surface area contributed by atoms with Crippen LogP contribution in [0.5, 0.6) is 5.75 Å². The molecule has 1 aliphatic heterocycles. The van der Waals surface area contributed by atoms with Gasteiger partial charge in [0.05, 0.1) is 46.1 Å². The Labute approximate surface area is 203 Å². The molecule has 1 aromatic heterocycles. The highest BCUT2D eigenvalue weighted by Crippen LogP contribution is 2.36. The number of carbonyl (C=O) groups is 1. The van der Waals surface area contributed by atoms with Gasteiger partial charge >= 0.3 is 0 Å². The first-order valence-corrected chi connectivity index (χ1v) is 12.3. The van der Waals surface area contributed by atoms with E-state index in [0.29, 0.717) is 39.2 Å². The fourth-order valence-corrected chi connectivity index (χ4v) is 5.85. The van der Waals surface area contributed by atoms with Gasteiger partial charge in [-0.2, -0.15) is 5.26 Å². The third-order valence-corrected chi connectivity index (χ3v) is 7.89. The summed E-state index contributed by atoms with van der Waals surface area (Å²) < 4.78 is 33.7. The maximum Gasteiger partial charge on any atom is 0.268 e. The van der Waals surface area contributed by atoms with Crippen LogP contribution in [-0.2, 0) is 16.4 Å². The fourth-order valence-electron chi connectivity index (χ4n) is 4.44. The number of nitrogens with zero attached hydrogens (tertiary/aromatic N) is 3. The summed E-state index contributed by atoms with van der Waals surface area (Å²) in [5, 5.41) is 9.65. The molecule has 0 N–H and O–H groups in total. The first-order chi connectivity index (χ1) is 16.7. The van der Waals surface area contributed by atoms with Gasteiger partial charge in [-0.3, -0.25) is 4.79 Å². The van der Waals surface area contributed by atoms with Crippen LogP contribution in [0.25, 0.3) is 10.9 Å². The van der Waals surface area contributed by atoms with Crippen molar-refractivity contribution >= 4 is 38.1 Å². The summed E-state index contributed by atoms with van der Waals surface area (Å²) in [4.78, 5) is 18.4. The lowest BCUT2D eigenvalue weighted by Crippen LogP contribution is -2.17. The first-order valence-electron chi connectivity index (χ1n) is 10.9. The molecular weight excluding hydrogens is 462 g/mol. The van der Waals surface area contributed by atoms with Crippen LogP contribution in [-0.4, -0.2) is 31.0 Å². The topological polar surface area (TPSA) is 102 Å². The van der Waals surface area contributed by atoms with Crippen LogP contribution in [0.3, 0.4) is 0 Å². The molecule has 1 aliphatic rings. The number of Topliss-reactive ketones (excluding diaryl/α,β-unsaturated/α-hetero) is 1. The molecule has 35 heavy (non-hydrogen) atoms. The smallest absolute Gasteiger partial charge is 0.268 e. The highest BCUT2D eigenvalue weighted by molar-refractivity contribution is 7.90. The first kappa shape index (κ1) is 22.6. The molecule has 7 nitrogen and oxygen atoms in total. The Morgan fingerprint density at radius 1 is 1.09 bits per heavy atom. The number of hydrogen-bond donors (Lipinski definition) is 0. The molecule has 0 atom stereocenters. The van der Waals surface area contributed by atoms with E-state index >= 15 is 0 Å². The molecule has 2 heterocycles. The van der Waals surface area contributed by atoms with E-state index in [4.69, 9.17) is 4.74 Å². The molecular formula is C27H21N3O4S. The Balaban J connectivity index is 1.65. The van der Waals surface area contributed by atoms with E-state index in [9.17, 15) is 18.5 Å². The zero-order valence-corrected chi connectivity index (χ0v) is 20.2. The number of fused-ring (bicyclic) bond motifs is 2. The molecule has 5 rings (SSSR count). The maximum atomic E-state index is 13.7. The van der Waals surface area contributed by atoms with Crippen molar-refractivity contribution in [3.05, 3.63) is 88.6 Å². The molecule has 0 unspecified atom stereocenters. The van der Waals surface area contributed by atoms with Crippen LogP contribution >= 0.6 is 0 Å². The predicted octanol–water partition coefficient (Wildman–Crippen LogP) is 4.89. The van der Waals surface area contributed by atoms with Crippen LogP contribution in [0.15, 0.2) is 70.7 Å². The zero-order chi connectivity index (χ0) is 24.9. The number of hydrogen-bond acceptors (Lipinski definition) is 6. The summed E-state index contributed by atoms with van der Waals surface area (Å²) in [5.41, 5.74) is 4.55. The van der Waals surface area contributed by atoms with Gasteiger partial charge in [-0.1, -0.05) is 17.7 Å². The minimum absolute atomic E-state index is 0.160. The van der Waals surface area contributed by atoms with Gasteiger partial charge in [0.15, 0.2) is 0 Å². The van der Waals surface area contributed by atoms with Gasteiger partial charge in [0, 0.05) is 18.0 Å². The SMILES string of the molecule is COc1cc(C)c2c(ccn2S(=O)(=O)c2ccc(C)cc2)c1C(=O)C1=Nc2ccc(C#N)cc2C1. The molecule has 0 spiro atoms. The summed E-state index contributed by atoms with van der Waals surface area (Å²) in [6, 6.07) is 17.1. The van der Waals surface area contributed by atoms with Gasteiger partial charge in [0.1, 0.15) is 5.75 Å². The molecule has 0 saturated heterocycles. The number of benzene rings is 3. The van der Waals surface area contributed by atoms with Gasteiger partial charge in [-0.15, -0.1) is 0 Å². The molecule has 0 bridgehead atoms. The third-order valence-electron chi connectivity index (χ3n) is 6.20. The number of ketones is 1. The standard InChI is InChI=1S/C27H21N3O4S/c1-16-4-7-20(8-5-16)35(32,33)30-11-10-21-25(24(34-3)12-17(2)26(21)30)27(31)23-14-19-13-18(15-28)6-9-22(19)29-23/h4-13H,14H2,1-3H3. The van der Waals surface area contributed by atoms with Gasteiger partial charge in [0.25, 0.3) is 10.0 Å². The second-order valence-electron chi connectivity index (χ2n) is 8.48. The van der Waals surface area contributed by atoms with E-state index in [1.54, 1.807) is 61.5 Å². The average molecular weight is 484 g/mol. The predicted molar refractivity (Wildman–Crippen MR) is 133 cm³/mol. The second-order valence-corrected chi connectivity index (χ2v) is 10.3. The lowest BCUT2D eigenvalue weighted by atomic mass is 9.96. The van der Waals surface area contributed by atoms with Gasteiger partial charge in [0.2, 0.25) is 5.78 Å². The van der Waals surface area contributed by atoms with E-state index in [1.165, 1.54) is 17.3 Å². The zero-order valence-electron chi connectivity index (χ0n) is 19.4. The number of aryl methyl sites for hydroxylation is 2. The molecule has 174 valence electrons. The highest BCUT2D eigenvalue weighted by Gasteiger charge is 2.29. The van der Waals surface area contributed by atoms with Crippen LogP contribution in [0, 0.1) is 25.2 Å². The molecule has 0 fully saturated rings. The number of aliphatic imine (C=N–C) groups is 1. The Hall–Kier alpha value is -4.22. The number of aromatic nitrogens is 1. The van der Waals surface area contributed by atoms with Crippen molar-refractivity contribution in [2.45, 2.75) is 25.2 Å². The summed E-state index contributed by atoms with van der Waals surface area (Å²) in [5.74, 6) is 0.00824. The van der Waals surface area contributed by atoms with Crippen molar-refractivity contribution in [3.63, 3.8) is 0 Å². The van der Waals surface area contributed by atoms with Crippen molar-refractivity contribution in [1.29, 1.82) is 5.26 Å². The molecule has 0 aliphatic carbocycles. The summed E-state index contributed by atoms with van der Waals surface area (Å²) in [6.45, 7) is 3.67. The summed E-state index contributed by atoms with van der Waals surface area (Å²) in [7, 11) is -2.42. The fraction of sp³-hybridized carbons (Fsp3) is 0.148. The van der Waals surface area contributed by atoms with Crippen LogP contribution < -0.4 is 4.74 Å². The van der Waals surface area contributed by atoms with Crippen molar-refractivity contribution < 1.29 is 17.9 Å². The minimum atomic E-state index is -3.89. The molecule has 0 amide bonds. The van der Waals surface area contributed by atoms with E-state index in [2.05, 4.69) is 11.1 Å². The monoisotopic (exact) mass is 483 g/mol. The van der Waals surface area contributed by atoms with E-state index in [0.717, 1.165) is 11.1 Å². The number of nitriles is 1. The van der Waals surface area contributed by atoms with Crippen molar-refractivity contribution in [3.8, 4) is 11.8 Å². The molecule has 3 aromatic carbocycles. The van der Waals surface area contributed by atoms with Crippen molar-refractivity contribution in [1.82, 2.24) is 3.97 Å². The summed E-state index contributed by atoms with van der Waals surface area (Å²) in [6.07, 6.45) is 1.75. The lowest BCUT2D eigenvalue weighted by molar-refractivity contribution is 0.106. The van der Waals surface area contributed by atoms with E-state index < -0.39 is 10.0 Å². The number of ether oxygens (including phenoxy) is 1. The number of methoxy groups -OCH3 is 1. The summed E-state index contributed by atoms with van der Waals surface area (Å²) >= 11 is 0. The Morgan fingerprint density at radius 3 is 2.51 bits per heavy atom. The van der Waals surface area contributed by atoms with E-state index in [-0.39, 0.29) is 22.7 Å². The molecule has 4 aromatic rings. The molecule has 0 saturated carbocycles. The maximum absolute atomic E-state index is 13.7. The Morgan fingerprint density at radius 2 is 1.83 bits per heavy atom. The van der Waals surface area contributed by atoms with Crippen molar-refractivity contribution in [2.75, 3.05) is 7.11 Å². The largest absolute Gasteiger partial charge is 0.496 e. The van der Waals surface area contributed by atoms with Crippen LogP contribution in [0.2, 0.25) is 0 Å². The molecule has 8 heteroatoms. The second kappa shape index (κ2) is 8.22. The number of carbonyl (C=O) groups excluding carboxylic acids is 1. The number of rotatable bonds is 5. The highest BCUT2D eigenvalue weighted by atomic mass is 32.2.